The first kappa shape index (κ1) is 13.3. The molecule has 100 valence electrons. The molecule has 17 heavy (non-hydrogen) atoms. The van der Waals surface area contributed by atoms with Crippen LogP contribution in [0.3, 0.4) is 0 Å². The van der Waals surface area contributed by atoms with Crippen LogP contribution < -0.4 is 5.32 Å². The SMILES string of the molecule is CNCC1(CN2CCC(OC)CC2)CCOC1. The van der Waals surface area contributed by atoms with Gasteiger partial charge < -0.3 is 19.7 Å². The van der Waals surface area contributed by atoms with Gasteiger partial charge in [0.05, 0.1) is 12.7 Å². The van der Waals surface area contributed by atoms with E-state index in [-0.39, 0.29) is 0 Å². The van der Waals surface area contributed by atoms with Gasteiger partial charge in [0.2, 0.25) is 0 Å². The standard InChI is InChI=1S/C13H26N2O2/c1-14-9-13(5-8-17-11-13)10-15-6-3-12(16-2)4-7-15/h12,14H,3-11H2,1-2H3. The molecule has 0 radical (unpaired) electrons. The van der Waals surface area contributed by atoms with Crippen LogP contribution in [0.4, 0.5) is 0 Å². The summed E-state index contributed by atoms with van der Waals surface area (Å²) in [4.78, 5) is 2.58. The molecule has 0 aromatic heterocycles. The van der Waals surface area contributed by atoms with Crippen LogP contribution in [0.5, 0.6) is 0 Å². The maximum absolute atomic E-state index is 5.61. The Hall–Kier alpha value is -0.160. The lowest BCUT2D eigenvalue weighted by Crippen LogP contribution is -2.47. The van der Waals surface area contributed by atoms with Gasteiger partial charge in [0.1, 0.15) is 0 Å². The van der Waals surface area contributed by atoms with E-state index in [0.29, 0.717) is 11.5 Å². The van der Waals surface area contributed by atoms with Gasteiger partial charge in [-0.2, -0.15) is 0 Å². The van der Waals surface area contributed by atoms with Crippen LogP contribution in [0.25, 0.3) is 0 Å². The summed E-state index contributed by atoms with van der Waals surface area (Å²) in [5.74, 6) is 0. The largest absolute Gasteiger partial charge is 0.381 e. The van der Waals surface area contributed by atoms with Gasteiger partial charge in [-0.05, 0) is 26.3 Å². The summed E-state index contributed by atoms with van der Waals surface area (Å²) < 4.78 is 11.0. The van der Waals surface area contributed by atoms with Gasteiger partial charge in [0, 0.05) is 45.3 Å². The van der Waals surface area contributed by atoms with Crippen LogP contribution in [0.15, 0.2) is 0 Å². The number of rotatable bonds is 5. The molecular formula is C13H26N2O2. The number of nitrogens with zero attached hydrogens (tertiary/aromatic N) is 1. The topological polar surface area (TPSA) is 33.7 Å². The molecular weight excluding hydrogens is 216 g/mol. The molecule has 1 atom stereocenters. The number of hydrogen-bond donors (Lipinski definition) is 1. The van der Waals surface area contributed by atoms with Gasteiger partial charge in [-0.3, -0.25) is 0 Å². The first-order valence-electron chi connectivity index (χ1n) is 6.75. The number of likely N-dealkylation sites (tertiary alicyclic amines) is 1. The summed E-state index contributed by atoms with van der Waals surface area (Å²) in [5.41, 5.74) is 0.342. The second kappa shape index (κ2) is 6.14. The molecule has 1 N–H and O–H groups in total. The van der Waals surface area contributed by atoms with Crippen molar-refractivity contribution in [2.75, 3.05) is 53.6 Å². The van der Waals surface area contributed by atoms with Crippen molar-refractivity contribution in [3.63, 3.8) is 0 Å². The number of ether oxygens (including phenoxy) is 2. The van der Waals surface area contributed by atoms with E-state index < -0.39 is 0 Å². The van der Waals surface area contributed by atoms with Crippen LogP contribution in [-0.4, -0.2) is 64.6 Å². The normalized spacial score (nSPS) is 32.1. The molecule has 4 heteroatoms. The van der Waals surface area contributed by atoms with Crippen molar-refractivity contribution in [3.8, 4) is 0 Å². The first-order valence-corrected chi connectivity index (χ1v) is 6.75. The fraction of sp³-hybridized carbons (Fsp3) is 1.00. The lowest BCUT2D eigenvalue weighted by Gasteiger charge is -2.38. The molecule has 0 bridgehead atoms. The molecule has 2 aliphatic rings. The third-order valence-corrected chi connectivity index (χ3v) is 4.16. The Morgan fingerprint density at radius 1 is 1.41 bits per heavy atom. The van der Waals surface area contributed by atoms with Crippen molar-refractivity contribution < 1.29 is 9.47 Å². The molecule has 2 saturated heterocycles. The van der Waals surface area contributed by atoms with Gasteiger partial charge in [-0.15, -0.1) is 0 Å². The molecule has 4 nitrogen and oxygen atoms in total. The Balaban J connectivity index is 1.82. The Kier molecular flexibility index (Phi) is 4.79. The lowest BCUT2D eigenvalue weighted by atomic mass is 9.86. The van der Waals surface area contributed by atoms with Gasteiger partial charge in [-0.1, -0.05) is 0 Å². The highest BCUT2D eigenvalue weighted by atomic mass is 16.5. The van der Waals surface area contributed by atoms with E-state index in [1.54, 1.807) is 0 Å². The molecule has 0 spiro atoms. The average Bonchev–Trinajstić information content (AvgIpc) is 2.79. The molecule has 1 unspecified atom stereocenters. The zero-order valence-corrected chi connectivity index (χ0v) is 11.2. The summed E-state index contributed by atoms with van der Waals surface area (Å²) in [6, 6.07) is 0. The maximum atomic E-state index is 5.61. The van der Waals surface area contributed by atoms with E-state index in [1.807, 2.05) is 14.2 Å². The van der Waals surface area contributed by atoms with Crippen molar-refractivity contribution in [1.29, 1.82) is 0 Å². The highest BCUT2D eigenvalue weighted by Gasteiger charge is 2.36. The fourth-order valence-corrected chi connectivity index (χ4v) is 3.12. The van der Waals surface area contributed by atoms with Crippen molar-refractivity contribution in [2.45, 2.75) is 25.4 Å². The zero-order valence-electron chi connectivity index (χ0n) is 11.2. The smallest absolute Gasteiger partial charge is 0.0595 e. The predicted molar refractivity (Wildman–Crippen MR) is 68.3 cm³/mol. The molecule has 0 aromatic carbocycles. The molecule has 2 fully saturated rings. The minimum absolute atomic E-state index is 0.342. The number of piperidine rings is 1. The highest BCUT2D eigenvalue weighted by molar-refractivity contribution is 4.89. The lowest BCUT2D eigenvalue weighted by molar-refractivity contribution is 0.0237. The van der Waals surface area contributed by atoms with Crippen LogP contribution in [0.1, 0.15) is 19.3 Å². The van der Waals surface area contributed by atoms with Crippen molar-refractivity contribution in [3.05, 3.63) is 0 Å². The fourth-order valence-electron chi connectivity index (χ4n) is 3.12. The van der Waals surface area contributed by atoms with E-state index >= 15 is 0 Å². The Labute approximate surface area is 105 Å². The summed E-state index contributed by atoms with van der Waals surface area (Å²) in [5, 5.41) is 3.33. The molecule has 2 heterocycles. The number of nitrogens with one attached hydrogen (secondary N) is 1. The van der Waals surface area contributed by atoms with Gasteiger partial charge in [0.15, 0.2) is 0 Å². The molecule has 0 saturated carbocycles. The van der Waals surface area contributed by atoms with Gasteiger partial charge >= 0.3 is 0 Å². The van der Waals surface area contributed by atoms with Crippen molar-refractivity contribution in [2.24, 2.45) is 5.41 Å². The van der Waals surface area contributed by atoms with Crippen molar-refractivity contribution in [1.82, 2.24) is 10.2 Å². The summed E-state index contributed by atoms with van der Waals surface area (Å²) >= 11 is 0. The summed E-state index contributed by atoms with van der Waals surface area (Å²) in [6.07, 6.45) is 4.02. The van der Waals surface area contributed by atoms with Crippen molar-refractivity contribution >= 4 is 0 Å². The minimum Gasteiger partial charge on any atom is -0.381 e. The van der Waals surface area contributed by atoms with E-state index in [2.05, 4.69) is 10.2 Å². The van der Waals surface area contributed by atoms with Crippen LogP contribution in [-0.2, 0) is 9.47 Å². The van der Waals surface area contributed by atoms with Crippen LogP contribution in [0, 0.1) is 5.41 Å². The summed E-state index contributed by atoms with van der Waals surface area (Å²) in [6.45, 7) is 6.42. The Morgan fingerprint density at radius 3 is 2.71 bits per heavy atom. The minimum atomic E-state index is 0.342. The van der Waals surface area contributed by atoms with Crippen LogP contribution >= 0.6 is 0 Å². The second-order valence-electron chi connectivity index (χ2n) is 5.54. The Bertz CT molecular complexity index is 221. The third-order valence-electron chi connectivity index (χ3n) is 4.16. The second-order valence-corrected chi connectivity index (χ2v) is 5.54. The molecule has 0 amide bonds. The first-order chi connectivity index (χ1) is 8.28. The third kappa shape index (κ3) is 3.41. The zero-order chi connectivity index (χ0) is 12.1. The van der Waals surface area contributed by atoms with E-state index in [1.165, 1.54) is 38.9 Å². The summed E-state index contributed by atoms with van der Waals surface area (Å²) in [7, 11) is 3.87. The molecule has 2 rings (SSSR count). The predicted octanol–water partition coefficient (Wildman–Crippen LogP) is 0.723. The number of hydrogen-bond acceptors (Lipinski definition) is 4. The Morgan fingerprint density at radius 2 is 2.18 bits per heavy atom. The quantitative estimate of drug-likeness (QED) is 0.770. The van der Waals surface area contributed by atoms with E-state index in [4.69, 9.17) is 9.47 Å². The van der Waals surface area contributed by atoms with Gasteiger partial charge in [0.25, 0.3) is 0 Å². The molecule has 0 aromatic rings. The average molecular weight is 242 g/mol. The highest BCUT2D eigenvalue weighted by Crippen LogP contribution is 2.30. The van der Waals surface area contributed by atoms with Crippen LogP contribution in [0.2, 0.25) is 0 Å². The molecule has 0 aliphatic carbocycles. The van der Waals surface area contributed by atoms with E-state index in [9.17, 15) is 0 Å². The van der Waals surface area contributed by atoms with E-state index in [0.717, 1.165) is 19.8 Å². The monoisotopic (exact) mass is 242 g/mol. The number of methoxy groups -OCH3 is 1. The van der Waals surface area contributed by atoms with Gasteiger partial charge in [-0.25, -0.2) is 0 Å². The molecule has 2 aliphatic heterocycles. The maximum Gasteiger partial charge on any atom is 0.0595 e.